The third-order valence-corrected chi connectivity index (χ3v) is 3.79. The van der Waals surface area contributed by atoms with E-state index in [1.807, 2.05) is 20.8 Å². The Morgan fingerprint density at radius 1 is 1.20 bits per heavy atom. The number of benzene rings is 1. The number of alkyl carbamates (subject to hydrolysis) is 1. The number of hydrogen-bond acceptors (Lipinski definition) is 3. The molecule has 1 aliphatic carbocycles. The third kappa shape index (κ3) is 4.85. The van der Waals surface area contributed by atoms with Gasteiger partial charge in [0.15, 0.2) is 0 Å². The number of halogens is 1. The lowest BCUT2D eigenvalue weighted by molar-refractivity contribution is 0.0475. The SMILES string of the molecule is CC(C)(C)OC(=O)NC1CC(Nc2ccc(I)cc2)C1. The van der Waals surface area contributed by atoms with Crippen LogP contribution in [0.1, 0.15) is 33.6 Å². The predicted molar refractivity (Wildman–Crippen MR) is 89.0 cm³/mol. The standard InChI is InChI=1S/C15H21IN2O2/c1-15(2,3)20-14(19)18-13-8-12(9-13)17-11-6-4-10(16)5-7-11/h4-7,12-13,17H,8-9H2,1-3H3,(H,18,19). The molecule has 0 aromatic heterocycles. The number of rotatable bonds is 3. The fourth-order valence-corrected chi connectivity index (χ4v) is 2.47. The van der Waals surface area contributed by atoms with Gasteiger partial charge in [0.25, 0.3) is 0 Å². The van der Waals surface area contributed by atoms with E-state index in [-0.39, 0.29) is 12.1 Å². The zero-order valence-corrected chi connectivity index (χ0v) is 14.2. The van der Waals surface area contributed by atoms with E-state index in [0.29, 0.717) is 6.04 Å². The smallest absolute Gasteiger partial charge is 0.407 e. The number of anilines is 1. The average molecular weight is 388 g/mol. The highest BCUT2D eigenvalue weighted by Gasteiger charge is 2.31. The monoisotopic (exact) mass is 388 g/mol. The molecule has 0 atom stereocenters. The van der Waals surface area contributed by atoms with Crippen molar-refractivity contribution in [1.82, 2.24) is 5.32 Å². The van der Waals surface area contributed by atoms with Crippen molar-refractivity contribution in [3.05, 3.63) is 27.8 Å². The van der Waals surface area contributed by atoms with E-state index in [1.165, 1.54) is 3.57 Å². The van der Waals surface area contributed by atoms with Gasteiger partial charge in [0.05, 0.1) is 0 Å². The van der Waals surface area contributed by atoms with E-state index in [2.05, 4.69) is 57.5 Å². The number of ether oxygens (including phenoxy) is 1. The van der Waals surface area contributed by atoms with E-state index in [1.54, 1.807) is 0 Å². The maximum atomic E-state index is 11.6. The fraction of sp³-hybridized carbons (Fsp3) is 0.533. The molecule has 110 valence electrons. The van der Waals surface area contributed by atoms with E-state index >= 15 is 0 Å². The van der Waals surface area contributed by atoms with Gasteiger partial charge < -0.3 is 15.4 Å². The number of carbonyl (C=O) groups is 1. The summed E-state index contributed by atoms with van der Waals surface area (Å²) in [5.41, 5.74) is 0.693. The highest BCUT2D eigenvalue weighted by molar-refractivity contribution is 14.1. The number of amides is 1. The molecule has 1 aromatic carbocycles. The van der Waals surface area contributed by atoms with E-state index in [9.17, 15) is 4.79 Å². The molecule has 4 nitrogen and oxygen atoms in total. The van der Waals surface area contributed by atoms with Crippen molar-refractivity contribution in [3.63, 3.8) is 0 Å². The van der Waals surface area contributed by atoms with Crippen LogP contribution in [0.4, 0.5) is 10.5 Å². The fourth-order valence-electron chi connectivity index (χ4n) is 2.11. The van der Waals surface area contributed by atoms with Gasteiger partial charge in [-0.05, 0) is 80.5 Å². The van der Waals surface area contributed by atoms with Crippen LogP contribution in [-0.4, -0.2) is 23.8 Å². The van der Waals surface area contributed by atoms with Gasteiger partial charge in [-0.2, -0.15) is 0 Å². The minimum atomic E-state index is -0.438. The Kier molecular flexibility index (Phi) is 4.78. The molecule has 1 aromatic rings. The summed E-state index contributed by atoms with van der Waals surface area (Å²) in [6, 6.07) is 8.96. The maximum absolute atomic E-state index is 11.6. The Labute approximate surface area is 133 Å². The van der Waals surface area contributed by atoms with Crippen molar-refractivity contribution in [1.29, 1.82) is 0 Å². The average Bonchev–Trinajstić information content (AvgIpc) is 2.26. The zero-order valence-electron chi connectivity index (χ0n) is 12.1. The summed E-state index contributed by atoms with van der Waals surface area (Å²) >= 11 is 2.29. The van der Waals surface area contributed by atoms with Crippen molar-refractivity contribution >= 4 is 34.4 Å². The molecular weight excluding hydrogens is 367 g/mol. The van der Waals surface area contributed by atoms with Gasteiger partial charge in [0.2, 0.25) is 0 Å². The van der Waals surface area contributed by atoms with E-state index in [0.717, 1.165) is 18.5 Å². The van der Waals surface area contributed by atoms with Crippen molar-refractivity contribution in [2.45, 2.75) is 51.3 Å². The first kappa shape index (κ1) is 15.4. The molecule has 0 spiro atoms. The minimum absolute atomic E-state index is 0.214. The summed E-state index contributed by atoms with van der Waals surface area (Å²) < 4.78 is 6.47. The highest BCUT2D eigenvalue weighted by Crippen LogP contribution is 2.25. The summed E-state index contributed by atoms with van der Waals surface area (Å²) in [6.45, 7) is 5.61. The lowest BCUT2D eigenvalue weighted by atomic mass is 9.86. The Morgan fingerprint density at radius 3 is 2.35 bits per heavy atom. The van der Waals surface area contributed by atoms with Gasteiger partial charge in [-0.25, -0.2) is 4.79 Å². The van der Waals surface area contributed by atoms with Gasteiger partial charge in [0, 0.05) is 21.3 Å². The second kappa shape index (κ2) is 6.20. The van der Waals surface area contributed by atoms with Crippen LogP contribution in [-0.2, 0) is 4.74 Å². The molecule has 0 saturated heterocycles. The lowest BCUT2D eigenvalue weighted by Gasteiger charge is -2.37. The van der Waals surface area contributed by atoms with Gasteiger partial charge in [-0.3, -0.25) is 0 Å². The van der Waals surface area contributed by atoms with E-state index in [4.69, 9.17) is 4.74 Å². The van der Waals surface area contributed by atoms with Crippen LogP contribution in [0.2, 0.25) is 0 Å². The summed E-state index contributed by atoms with van der Waals surface area (Å²) in [5, 5.41) is 6.36. The molecule has 0 aliphatic heterocycles. The molecule has 1 amide bonds. The normalized spacial score (nSPS) is 21.8. The van der Waals surface area contributed by atoms with Crippen molar-refractivity contribution in [3.8, 4) is 0 Å². The molecule has 0 unspecified atom stereocenters. The number of carbonyl (C=O) groups excluding carboxylic acids is 1. The molecule has 20 heavy (non-hydrogen) atoms. The molecule has 5 heteroatoms. The Bertz CT molecular complexity index is 462. The third-order valence-electron chi connectivity index (χ3n) is 3.07. The van der Waals surface area contributed by atoms with Gasteiger partial charge >= 0.3 is 6.09 Å². The first-order valence-electron chi connectivity index (χ1n) is 6.83. The summed E-state index contributed by atoms with van der Waals surface area (Å²) in [7, 11) is 0. The summed E-state index contributed by atoms with van der Waals surface area (Å²) in [4.78, 5) is 11.6. The van der Waals surface area contributed by atoms with Gasteiger partial charge in [-0.15, -0.1) is 0 Å². The van der Waals surface area contributed by atoms with Crippen LogP contribution >= 0.6 is 22.6 Å². The highest BCUT2D eigenvalue weighted by atomic mass is 127. The molecule has 0 radical (unpaired) electrons. The zero-order chi connectivity index (χ0) is 14.8. The van der Waals surface area contributed by atoms with Crippen LogP contribution in [0, 0.1) is 3.57 Å². The molecule has 2 rings (SSSR count). The Hall–Kier alpha value is -0.980. The van der Waals surface area contributed by atoms with Crippen molar-refractivity contribution in [2.24, 2.45) is 0 Å². The van der Waals surface area contributed by atoms with Crippen LogP contribution < -0.4 is 10.6 Å². The van der Waals surface area contributed by atoms with Gasteiger partial charge in [-0.1, -0.05) is 0 Å². The Balaban J connectivity index is 1.70. The molecule has 1 aliphatic rings. The van der Waals surface area contributed by atoms with Crippen molar-refractivity contribution in [2.75, 3.05) is 5.32 Å². The quantitative estimate of drug-likeness (QED) is 0.776. The van der Waals surface area contributed by atoms with Crippen molar-refractivity contribution < 1.29 is 9.53 Å². The topological polar surface area (TPSA) is 50.4 Å². The maximum Gasteiger partial charge on any atom is 0.407 e. The minimum Gasteiger partial charge on any atom is -0.444 e. The second-order valence-electron chi connectivity index (χ2n) is 6.16. The summed E-state index contributed by atoms with van der Waals surface area (Å²) in [5.74, 6) is 0. The Morgan fingerprint density at radius 2 is 1.80 bits per heavy atom. The van der Waals surface area contributed by atoms with Crippen LogP contribution in [0.25, 0.3) is 0 Å². The van der Waals surface area contributed by atoms with Crippen LogP contribution in [0.3, 0.4) is 0 Å². The number of hydrogen-bond donors (Lipinski definition) is 2. The van der Waals surface area contributed by atoms with Gasteiger partial charge in [0.1, 0.15) is 5.60 Å². The molecule has 0 heterocycles. The first-order valence-corrected chi connectivity index (χ1v) is 7.91. The van der Waals surface area contributed by atoms with Crippen LogP contribution in [0.5, 0.6) is 0 Å². The first-order chi connectivity index (χ1) is 9.32. The second-order valence-corrected chi connectivity index (χ2v) is 7.41. The molecule has 2 N–H and O–H groups in total. The molecule has 0 bridgehead atoms. The van der Waals surface area contributed by atoms with Crippen LogP contribution in [0.15, 0.2) is 24.3 Å². The lowest BCUT2D eigenvalue weighted by Crippen LogP contribution is -2.50. The molecule has 1 saturated carbocycles. The molecule has 1 fully saturated rings. The molecular formula is C15H21IN2O2. The predicted octanol–water partition coefficient (Wildman–Crippen LogP) is 3.76. The largest absolute Gasteiger partial charge is 0.444 e. The number of nitrogens with one attached hydrogen (secondary N) is 2. The van der Waals surface area contributed by atoms with E-state index < -0.39 is 5.60 Å². The summed E-state index contributed by atoms with van der Waals surface area (Å²) in [6.07, 6.45) is 1.55.